The summed E-state index contributed by atoms with van der Waals surface area (Å²) in [5, 5.41) is 21.0. The number of aliphatic hydroxyl groups excluding tert-OH is 1. The number of carbonyl (C=O) groups is 1. The van der Waals surface area contributed by atoms with Crippen molar-refractivity contribution in [3.05, 3.63) is 88.4 Å². The highest BCUT2D eigenvalue weighted by Crippen LogP contribution is 2.27. The van der Waals surface area contributed by atoms with Crippen LogP contribution >= 0.6 is 0 Å². The number of nitrogens with zero attached hydrogens (tertiary/aromatic N) is 5. The first-order valence-corrected chi connectivity index (χ1v) is 11.2. The molecule has 0 bridgehead atoms. The quantitative estimate of drug-likeness (QED) is 0.476. The van der Waals surface area contributed by atoms with Crippen molar-refractivity contribution in [2.75, 3.05) is 13.1 Å². The molecular formula is C26H21N5O3. The van der Waals surface area contributed by atoms with Crippen LogP contribution in [0.5, 0.6) is 0 Å². The summed E-state index contributed by atoms with van der Waals surface area (Å²) in [5.41, 5.74) is 5.77. The number of ether oxygens (including phenoxy) is 1. The van der Waals surface area contributed by atoms with E-state index in [0.717, 1.165) is 46.3 Å². The minimum Gasteiger partial charge on any atom is -0.457 e. The molecule has 2 aliphatic rings. The van der Waals surface area contributed by atoms with Crippen molar-refractivity contribution in [3.63, 3.8) is 0 Å². The zero-order valence-corrected chi connectivity index (χ0v) is 18.3. The number of β-amino-alcohol motifs (C(OH)–C–C–N with tert-alkyl or cyclic N) is 1. The van der Waals surface area contributed by atoms with Crippen LogP contribution in [0.1, 0.15) is 44.4 Å². The van der Waals surface area contributed by atoms with E-state index in [1.807, 2.05) is 41.2 Å². The molecule has 8 heteroatoms. The van der Waals surface area contributed by atoms with Crippen LogP contribution in [0, 0.1) is 11.3 Å². The number of aromatic nitrogens is 3. The van der Waals surface area contributed by atoms with Crippen molar-refractivity contribution in [2.24, 2.45) is 0 Å². The highest BCUT2D eigenvalue weighted by Gasteiger charge is 2.25. The molecular weight excluding hydrogens is 430 g/mol. The van der Waals surface area contributed by atoms with Gasteiger partial charge in [0.1, 0.15) is 6.61 Å². The molecule has 6 rings (SSSR count). The van der Waals surface area contributed by atoms with E-state index in [1.54, 1.807) is 18.2 Å². The van der Waals surface area contributed by atoms with E-state index < -0.39 is 6.10 Å². The number of benzene rings is 2. The Kier molecular flexibility index (Phi) is 4.87. The fraction of sp³-hybridized carbons (Fsp3) is 0.231. The lowest BCUT2D eigenvalue weighted by molar-refractivity contribution is 0.0535. The molecule has 1 unspecified atom stereocenters. The fourth-order valence-corrected chi connectivity index (χ4v) is 4.79. The van der Waals surface area contributed by atoms with Gasteiger partial charge in [0, 0.05) is 55.0 Å². The summed E-state index contributed by atoms with van der Waals surface area (Å²) in [6, 6.07) is 15.2. The molecule has 168 valence electrons. The molecule has 0 fully saturated rings. The van der Waals surface area contributed by atoms with Crippen LogP contribution in [0.2, 0.25) is 0 Å². The molecule has 0 saturated carbocycles. The van der Waals surface area contributed by atoms with Crippen molar-refractivity contribution >= 4 is 16.9 Å². The maximum atomic E-state index is 11.7. The summed E-state index contributed by atoms with van der Waals surface area (Å²) in [6.45, 7) is 2.18. The number of aliphatic hydroxyl groups is 1. The highest BCUT2D eigenvalue weighted by atomic mass is 16.5. The lowest BCUT2D eigenvalue weighted by atomic mass is 10.0. The van der Waals surface area contributed by atoms with Crippen molar-refractivity contribution in [1.29, 1.82) is 5.26 Å². The van der Waals surface area contributed by atoms with Gasteiger partial charge in [0.15, 0.2) is 0 Å². The average Bonchev–Trinajstić information content (AvgIpc) is 3.47. The monoisotopic (exact) mass is 451 g/mol. The van der Waals surface area contributed by atoms with Crippen molar-refractivity contribution < 1.29 is 14.6 Å². The molecule has 34 heavy (non-hydrogen) atoms. The molecule has 2 aromatic heterocycles. The first-order valence-electron chi connectivity index (χ1n) is 11.2. The number of rotatable bonds is 4. The highest BCUT2D eigenvalue weighted by molar-refractivity contribution is 5.93. The maximum absolute atomic E-state index is 11.7. The molecule has 0 amide bonds. The van der Waals surface area contributed by atoms with Crippen LogP contribution < -0.4 is 0 Å². The summed E-state index contributed by atoms with van der Waals surface area (Å²) in [4.78, 5) is 23.2. The first kappa shape index (κ1) is 20.5. The smallest absolute Gasteiger partial charge is 0.338 e. The van der Waals surface area contributed by atoms with Gasteiger partial charge in [0.25, 0.3) is 0 Å². The molecule has 0 saturated heterocycles. The second-order valence-electron chi connectivity index (χ2n) is 8.67. The molecule has 2 aliphatic heterocycles. The lowest BCUT2D eigenvalue weighted by Crippen LogP contribution is -2.34. The van der Waals surface area contributed by atoms with Crippen LogP contribution in [-0.4, -0.2) is 43.6 Å². The summed E-state index contributed by atoms with van der Waals surface area (Å²) < 4.78 is 6.97. The topological polar surface area (TPSA) is 104 Å². The van der Waals surface area contributed by atoms with Gasteiger partial charge in [-0.1, -0.05) is 12.1 Å². The van der Waals surface area contributed by atoms with E-state index in [-0.39, 0.29) is 12.6 Å². The van der Waals surface area contributed by atoms with E-state index in [4.69, 9.17) is 9.72 Å². The van der Waals surface area contributed by atoms with Crippen molar-refractivity contribution in [2.45, 2.75) is 25.7 Å². The van der Waals surface area contributed by atoms with E-state index in [9.17, 15) is 15.2 Å². The van der Waals surface area contributed by atoms with Crippen molar-refractivity contribution in [3.8, 4) is 12.0 Å². The molecule has 0 radical (unpaired) electrons. The lowest BCUT2D eigenvalue weighted by Gasteiger charge is -2.30. The van der Waals surface area contributed by atoms with Gasteiger partial charge in [-0.05, 0) is 35.9 Å². The Morgan fingerprint density at radius 3 is 3.00 bits per heavy atom. The molecule has 1 N–H and O–H groups in total. The standard InChI is InChI=1S/C26H21N5O3/c27-11-17-2-1-3-23-20(17)6-9-31(23)26-28-12-19-13-30(8-7-22(19)29-26)14-24(32)16-4-5-21-18(10-16)15-34-25(21)33/h1-6,9-10,12,24,32H,7-8,13-15H2. The van der Waals surface area contributed by atoms with Gasteiger partial charge in [0.05, 0.1) is 34.5 Å². The van der Waals surface area contributed by atoms with Crippen LogP contribution in [-0.2, 0) is 24.3 Å². The van der Waals surface area contributed by atoms with Crippen LogP contribution in [0.25, 0.3) is 16.9 Å². The van der Waals surface area contributed by atoms with Gasteiger partial charge in [-0.15, -0.1) is 0 Å². The predicted molar refractivity (Wildman–Crippen MR) is 123 cm³/mol. The van der Waals surface area contributed by atoms with Gasteiger partial charge in [-0.3, -0.25) is 9.47 Å². The van der Waals surface area contributed by atoms with Gasteiger partial charge in [-0.2, -0.15) is 5.26 Å². The minimum absolute atomic E-state index is 0.264. The van der Waals surface area contributed by atoms with Crippen LogP contribution in [0.3, 0.4) is 0 Å². The van der Waals surface area contributed by atoms with Crippen LogP contribution in [0.4, 0.5) is 0 Å². The molecule has 0 aliphatic carbocycles. The van der Waals surface area contributed by atoms with E-state index in [2.05, 4.69) is 16.0 Å². The normalized spacial score (nSPS) is 16.1. The first-order chi connectivity index (χ1) is 16.6. The number of hydrogen-bond donors (Lipinski definition) is 1. The van der Waals surface area contributed by atoms with E-state index in [1.165, 1.54) is 0 Å². The molecule has 4 heterocycles. The fourth-order valence-electron chi connectivity index (χ4n) is 4.79. The zero-order chi connectivity index (χ0) is 23.2. The number of esters is 1. The number of nitriles is 1. The third kappa shape index (κ3) is 3.43. The van der Waals surface area contributed by atoms with Gasteiger partial charge in [0.2, 0.25) is 5.95 Å². The Hall–Kier alpha value is -4.06. The minimum atomic E-state index is -0.664. The Labute approximate surface area is 195 Å². The Morgan fingerprint density at radius 2 is 2.12 bits per heavy atom. The Morgan fingerprint density at radius 1 is 1.21 bits per heavy atom. The van der Waals surface area contributed by atoms with Gasteiger partial charge >= 0.3 is 5.97 Å². The van der Waals surface area contributed by atoms with E-state index in [0.29, 0.717) is 30.2 Å². The molecule has 1 atom stereocenters. The summed E-state index contributed by atoms with van der Waals surface area (Å²) in [7, 11) is 0. The SMILES string of the molecule is N#Cc1cccc2c1ccn2-c1ncc2c(n1)CCN(CC(O)c1ccc3c(c1)COC3=O)C2. The number of hydrogen-bond acceptors (Lipinski definition) is 7. The largest absolute Gasteiger partial charge is 0.457 e. The summed E-state index contributed by atoms with van der Waals surface area (Å²) in [5.74, 6) is 0.286. The Bertz CT molecular complexity index is 1490. The molecule has 0 spiro atoms. The average molecular weight is 451 g/mol. The van der Waals surface area contributed by atoms with E-state index >= 15 is 0 Å². The number of fused-ring (bicyclic) bond motifs is 3. The zero-order valence-electron chi connectivity index (χ0n) is 18.3. The molecule has 8 nitrogen and oxygen atoms in total. The predicted octanol–water partition coefficient (Wildman–Crippen LogP) is 3.05. The van der Waals surface area contributed by atoms with Gasteiger partial charge in [-0.25, -0.2) is 14.8 Å². The summed E-state index contributed by atoms with van der Waals surface area (Å²) >= 11 is 0. The number of carbonyl (C=O) groups excluding carboxylic acids is 1. The summed E-state index contributed by atoms with van der Waals surface area (Å²) in [6.07, 6.45) is 3.85. The van der Waals surface area contributed by atoms with Gasteiger partial charge < -0.3 is 9.84 Å². The third-order valence-electron chi connectivity index (χ3n) is 6.59. The number of cyclic esters (lactones) is 1. The second kappa shape index (κ2) is 8.06. The molecule has 2 aromatic carbocycles. The molecule has 4 aromatic rings. The third-order valence-corrected chi connectivity index (χ3v) is 6.59. The Balaban J connectivity index is 1.19. The van der Waals surface area contributed by atoms with Crippen molar-refractivity contribution in [1.82, 2.24) is 19.4 Å². The van der Waals surface area contributed by atoms with Crippen LogP contribution in [0.15, 0.2) is 54.9 Å². The second-order valence-corrected chi connectivity index (χ2v) is 8.67. The maximum Gasteiger partial charge on any atom is 0.338 e.